The molecule has 5 heteroatoms. The minimum absolute atomic E-state index is 0.0140. The number of aliphatic carboxylic acids is 1. The Hall–Kier alpha value is -1.36. The molecule has 0 unspecified atom stereocenters. The fourth-order valence-electron chi connectivity index (χ4n) is 3.21. The maximum atomic E-state index is 13.1. The summed E-state index contributed by atoms with van der Waals surface area (Å²) in [4.78, 5) is 26.8. The van der Waals surface area contributed by atoms with Crippen molar-refractivity contribution in [2.24, 2.45) is 0 Å². The van der Waals surface area contributed by atoms with Crippen molar-refractivity contribution in [1.29, 1.82) is 0 Å². The summed E-state index contributed by atoms with van der Waals surface area (Å²) in [5.74, 6) is -0.733. The molecule has 0 spiro atoms. The zero-order valence-corrected chi connectivity index (χ0v) is 13.3. The van der Waals surface area contributed by atoms with Crippen LogP contribution in [-0.4, -0.2) is 35.0 Å². The van der Waals surface area contributed by atoms with Gasteiger partial charge in [0.05, 0.1) is 11.8 Å². The molecule has 0 aliphatic heterocycles. The highest BCUT2D eigenvalue weighted by Gasteiger charge is 2.43. The number of likely N-dealkylation sites (N-methyl/N-ethyl adjacent to an activating group) is 1. The Balaban J connectivity index is 2.23. The molecule has 116 valence electrons. The van der Waals surface area contributed by atoms with E-state index in [0.717, 1.165) is 30.6 Å². The normalized spacial score (nSPS) is 17.4. The van der Waals surface area contributed by atoms with Crippen LogP contribution in [0, 0.1) is 0 Å². The maximum absolute atomic E-state index is 13.1. The van der Waals surface area contributed by atoms with Gasteiger partial charge in [0.2, 0.25) is 5.91 Å². The molecule has 1 saturated carbocycles. The van der Waals surface area contributed by atoms with Crippen LogP contribution < -0.4 is 0 Å². The van der Waals surface area contributed by atoms with Crippen LogP contribution in [0.1, 0.15) is 50.3 Å². The van der Waals surface area contributed by atoms with Crippen molar-refractivity contribution in [2.75, 3.05) is 13.1 Å². The Morgan fingerprint density at radius 3 is 2.57 bits per heavy atom. The third-order valence-corrected chi connectivity index (χ3v) is 5.45. The molecule has 1 heterocycles. The van der Waals surface area contributed by atoms with E-state index < -0.39 is 11.4 Å². The Bertz CT molecular complexity index is 478. The Kier molecular flexibility index (Phi) is 5.39. The lowest BCUT2D eigenvalue weighted by Crippen LogP contribution is -2.48. The number of carbonyl (C=O) groups is 2. The van der Waals surface area contributed by atoms with Gasteiger partial charge >= 0.3 is 5.97 Å². The molecule has 1 amide bonds. The molecule has 4 nitrogen and oxygen atoms in total. The predicted molar refractivity (Wildman–Crippen MR) is 83.6 cm³/mol. The monoisotopic (exact) mass is 309 g/mol. The van der Waals surface area contributed by atoms with Crippen LogP contribution in [0.25, 0.3) is 0 Å². The molecule has 1 fully saturated rings. The third-order valence-electron chi connectivity index (χ3n) is 4.37. The van der Waals surface area contributed by atoms with Crippen LogP contribution in [0.3, 0.4) is 0 Å². The van der Waals surface area contributed by atoms with Crippen molar-refractivity contribution in [3.8, 4) is 0 Å². The van der Waals surface area contributed by atoms with Gasteiger partial charge in [0.1, 0.15) is 0 Å². The number of carboxylic acid groups (broad SMARTS) is 1. The SMILES string of the molecule is CCN(CCC(=O)O)C(=O)C1(c2cccs2)CCCCC1. The van der Waals surface area contributed by atoms with Crippen LogP contribution in [0.4, 0.5) is 0 Å². The highest BCUT2D eigenvalue weighted by molar-refractivity contribution is 7.10. The number of hydrogen-bond acceptors (Lipinski definition) is 3. The van der Waals surface area contributed by atoms with Crippen LogP contribution >= 0.6 is 11.3 Å². The summed E-state index contributed by atoms with van der Waals surface area (Å²) in [6.45, 7) is 2.79. The van der Waals surface area contributed by atoms with Crippen LogP contribution in [0.15, 0.2) is 17.5 Å². The number of thiophene rings is 1. The topological polar surface area (TPSA) is 57.6 Å². The quantitative estimate of drug-likeness (QED) is 0.877. The van der Waals surface area contributed by atoms with Gasteiger partial charge in [-0.3, -0.25) is 9.59 Å². The molecule has 1 N–H and O–H groups in total. The molecule has 0 aromatic carbocycles. The molecular weight excluding hydrogens is 286 g/mol. The molecule has 1 aliphatic carbocycles. The summed E-state index contributed by atoms with van der Waals surface area (Å²) in [6, 6.07) is 4.05. The number of amides is 1. The number of rotatable bonds is 6. The molecule has 0 bridgehead atoms. The van der Waals surface area contributed by atoms with E-state index >= 15 is 0 Å². The molecule has 1 aromatic rings. The number of hydrogen-bond donors (Lipinski definition) is 1. The second kappa shape index (κ2) is 7.07. The van der Waals surface area contributed by atoms with Gasteiger partial charge in [0.25, 0.3) is 0 Å². The molecular formula is C16H23NO3S. The summed E-state index contributed by atoms with van der Waals surface area (Å²) >= 11 is 1.65. The van der Waals surface area contributed by atoms with Crippen molar-refractivity contribution in [3.05, 3.63) is 22.4 Å². The molecule has 1 aromatic heterocycles. The largest absolute Gasteiger partial charge is 0.481 e. The van der Waals surface area contributed by atoms with Crippen molar-refractivity contribution >= 4 is 23.2 Å². The van der Waals surface area contributed by atoms with E-state index in [1.54, 1.807) is 16.2 Å². The van der Waals surface area contributed by atoms with Gasteiger partial charge in [0, 0.05) is 18.0 Å². The van der Waals surface area contributed by atoms with E-state index in [-0.39, 0.29) is 12.3 Å². The van der Waals surface area contributed by atoms with Gasteiger partial charge in [-0.2, -0.15) is 0 Å². The second-order valence-corrected chi connectivity index (χ2v) is 6.60. The average molecular weight is 309 g/mol. The Labute approximate surface area is 129 Å². The highest BCUT2D eigenvalue weighted by Crippen LogP contribution is 2.43. The summed E-state index contributed by atoms with van der Waals surface area (Å²) in [7, 11) is 0. The van der Waals surface area contributed by atoms with E-state index in [0.29, 0.717) is 13.1 Å². The lowest BCUT2D eigenvalue weighted by molar-refractivity contribution is -0.141. The zero-order chi connectivity index (χ0) is 15.3. The lowest BCUT2D eigenvalue weighted by Gasteiger charge is -2.39. The fourth-order valence-corrected chi connectivity index (χ4v) is 4.19. The second-order valence-electron chi connectivity index (χ2n) is 5.65. The average Bonchev–Trinajstić information content (AvgIpc) is 3.03. The van der Waals surface area contributed by atoms with E-state index in [1.165, 1.54) is 6.42 Å². The molecule has 2 rings (SSSR count). The van der Waals surface area contributed by atoms with Gasteiger partial charge in [-0.1, -0.05) is 25.3 Å². The van der Waals surface area contributed by atoms with Crippen LogP contribution in [0.5, 0.6) is 0 Å². The van der Waals surface area contributed by atoms with E-state index in [2.05, 4.69) is 6.07 Å². The summed E-state index contributed by atoms with van der Waals surface area (Å²) < 4.78 is 0. The first-order valence-corrected chi connectivity index (χ1v) is 8.53. The van der Waals surface area contributed by atoms with Gasteiger partial charge in [-0.15, -0.1) is 11.3 Å². The number of carboxylic acids is 1. The Morgan fingerprint density at radius 2 is 2.05 bits per heavy atom. The van der Waals surface area contributed by atoms with Crippen LogP contribution in [-0.2, 0) is 15.0 Å². The van der Waals surface area contributed by atoms with Crippen molar-refractivity contribution in [3.63, 3.8) is 0 Å². The van der Waals surface area contributed by atoms with Crippen molar-refractivity contribution < 1.29 is 14.7 Å². The number of carbonyl (C=O) groups excluding carboxylic acids is 1. The summed E-state index contributed by atoms with van der Waals surface area (Å²) in [5, 5.41) is 10.9. The fraction of sp³-hybridized carbons (Fsp3) is 0.625. The van der Waals surface area contributed by atoms with E-state index in [1.807, 2.05) is 18.4 Å². The van der Waals surface area contributed by atoms with E-state index in [9.17, 15) is 9.59 Å². The first-order valence-electron chi connectivity index (χ1n) is 7.65. The summed E-state index contributed by atoms with van der Waals surface area (Å²) in [6.07, 6.45) is 5.11. The maximum Gasteiger partial charge on any atom is 0.305 e. The smallest absolute Gasteiger partial charge is 0.305 e. The van der Waals surface area contributed by atoms with E-state index in [4.69, 9.17) is 5.11 Å². The molecule has 0 saturated heterocycles. The standard InChI is InChI=1S/C16H23NO3S/c1-2-17(11-8-14(18)19)15(20)16(9-4-3-5-10-16)13-7-6-12-21-13/h6-7,12H,2-5,8-11H2,1H3,(H,18,19). The first kappa shape index (κ1) is 16.0. The third kappa shape index (κ3) is 3.46. The molecule has 1 aliphatic rings. The van der Waals surface area contributed by atoms with Gasteiger partial charge in [0.15, 0.2) is 0 Å². The molecule has 0 radical (unpaired) electrons. The van der Waals surface area contributed by atoms with Crippen LogP contribution in [0.2, 0.25) is 0 Å². The minimum atomic E-state index is -0.852. The molecule has 21 heavy (non-hydrogen) atoms. The van der Waals surface area contributed by atoms with Gasteiger partial charge < -0.3 is 10.0 Å². The Morgan fingerprint density at radius 1 is 1.33 bits per heavy atom. The number of nitrogens with zero attached hydrogens (tertiary/aromatic N) is 1. The minimum Gasteiger partial charge on any atom is -0.481 e. The first-order chi connectivity index (χ1) is 10.1. The van der Waals surface area contributed by atoms with Gasteiger partial charge in [-0.25, -0.2) is 0 Å². The highest BCUT2D eigenvalue weighted by atomic mass is 32.1. The zero-order valence-electron chi connectivity index (χ0n) is 12.5. The van der Waals surface area contributed by atoms with Crippen molar-refractivity contribution in [2.45, 2.75) is 50.9 Å². The lowest BCUT2D eigenvalue weighted by atomic mass is 9.72. The van der Waals surface area contributed by atoms with Crippen molar-refractivity contribution in [1.82, 2.24) is 4.90 Å². The predicted octanol–water partition coefficient (Wildman–Crippen LogP) is 3.27. The molecule has 0 atom stereocenters. The summed E-state index contributed by atoms with van der Waals surface area (Å²) in [5.41, 5.74) is -0.416. The van der Waals surface area contributed by atoms with Gasteiger partial charge in [-0.05, 0) is 31.2 Å².